The molecular weight excluding hydrogens is 338 g/mol. The number of amides is 1. The lowest BCUT2D eigenvalue weighted by molar-refractivity contribution is -0.125. The standard InChI is InChI=1S/C23H27NO3/c1-27-20-9-7-18(8-10-20)23(11-12-23)22(26)24-21(17-14-19(25)15-17)13-16-5-3-2-4-6-16/h2-10,17,19,21,25H,11-15H2,1H3,(H,24,26). The number of carbonyl (C=O) groups excluding carboxylic acids is 1. The summed E-state index contributed by atoms with van der Waals surface area (Å²) in [5, 5.41) is 13.1. The average Bonchev–Trinajstić information content (AvgIpc) is 3.48. The molecule has 2 N–H and O–H groups in total. The van der Waals surface area contributed by atoms with Crippen molar-refractivity contribution in [2.24, 2.45) is 5.92 Å². The molecule has 2 aliphatic rings. The fourth-order valence-electron chi connectivity index (χ4n) is 4.15. The predicted octanol–water partition coefficient (Wildman–Crippen LogP) is 3.23. The summed E-state index contributed by atoms with van der Waals surface area (Å²) in [6.07, 6.45) is 3.90. The van der Waals surface area contributed by atoms with Crippen LogP contribution in [-0.4, -0.2) is 30.3 Å². The highest BCUT2D eigenvalue weighted by atomic mass is 16.5. The number of aliphatic hydroxyl groups is 1. The molecule has 4 rings (SSSR count). The average molecular weight is 365 g/mol. The van der Waals surface area contributed by atoms with Crippen LogP contribution in [0.2, 0.25) is 0 Å². The van der Waals surface area contributed by atoms with E-state index >= 15 is 0 Å². The molecule has 0 saturated heterocycles. The van der Waals surface area contributed by atoms with Crippen LogP contribution in [0, 0.1) is 5.92 Å². The van der Waals surface area contributed by atoms with Crippen LogP contribution in [0.1, 0.15) is 36.8 Å². The zero-order chi connectivity index (χ0) is 18.9. The molecule has 0 bridgehead atoms. The topological polar surface area (TPSA) is 58.6 Å². The first kappa shape index (κ1) is 18.1. The van der Waals surface area contributed by atoms with Crippen molar-refractivity contribution in [1.29, 1.82) is 0 Å². The highest BCUT2D eigenvalue weighted by Gasteiger charge is 2.52. The van der Waals surface area contributed by atoms with E-state index in [1.54, 1.807) is 7.11 Å². The van der Waals surface area contributed by atoms with Crippen molar-refractivity contribution < 1.29 is 14.6 Å². The number of hydrogen-bond donors (Lipinski definition) is 2. The van der Waals surface area contributed by atoms with Gasteiger partial charge < -0.3 is 15.2 Å². The van der Waals surface area contributed by atoms with Gasteiger partial charge in [0.2, 0.25) is 5.91 Å². The minimum atomic E-state index is -0.399. The third-order valence-electron chi connectivity index (χ3n) is 6.16. The number of benzene rings is 2. The summed E-state index contributed by atoms with van der Waals surface area (Å²) in [7, 11) is 1.65. The number of aliphatic hydroxyl groups excluding tert-OH is 1. The van der Waals surface area contributed by atoms with Crippen molar-refractivity contribution in [3.8, 4) is 5.75 Å². The first-order valence-electron chi connectivity index (χ1n) is 9.78. The van der Waals surface area contributed by atoms with E-state index in [1.807, 2.05) is 42.5 Å². The number of rotatable bonds is 7. The zero-order valence-corrected chi connectivity index (χ0v) is 15.7. The SMILES string of the molecule is COc1ccc(C2(C(=O)NC(Cc3ccccc3)C3CC(O)C3)CC2)cc1. The fraction of sp³-hybridized carbons (Fsp3) is 0.435. The maximum atomic E-state index is 13.2. The Bertz CT molecular complexity index is 777. The molecule has 0 aliphatic heterocycles. The molecule has 1 amide bonds. The van der Waals surface area contributed by atoms with Gasteiger partial charge in [-0.1, -0.05) is 42.5 Å². The van der Waals surface area contributed by atoms with Gasteiger partial charge in [0.25, 0.3) is 0 Å². The van der Waals surface area contributed by atoms with Crippen LogP contribution in [0.3, 0.4) is 0 Å². The van der Waals surface area contributed by atoms with Gasteiger partial charge in [-0.3, -0.25) is 4.79 Å². The molecule has 0 heterocycles. The van der Waals surface area contributed by atoms with Gasteiger partial charge >= 0.3 is 0 Å². The van der Waals surface area contributed by atoms with Crippen molar-refractivity contribution in [3.05, 3.63) is 65.7 Å². The van der Waals surface area contributed by atoms with Gasteiger partial charge in [0, 0.05) is 6.04 Å². The van der Waals surface area contributed by atoms with Crippen LogP contribution in [0.5, 0.6) is 5.75 Å². The highest BCUT2D eigenvalue weighted by Crippen LogP contribution is 2.49. The third kappa shape index (κ3) is 3.72. The minimum absolute atomic E-state index is 0.0685. The van der Waals surface area contributed by atoms with E-state index in [4.69, 9.17) is 4.74 Å². The Hall–Kier alpha value is -2.33. The first-order chi connectivity index (χ1) is 13.1. The molecule has 1 unspecified atom stereocenters. The molecule has 0 aromatic heterocycles. The van der Waals surface area contributed by atoms with Gasteiger partial charge in [-0.25, -0.2) is 0 Å². The number of hydrogen-bond acceptors (Lipinski definition) is 3. The summed E-state index contributed by atoms with van der Waals surface area (Å²) in [4.78, 5) is 13.2. The number of nitrogens with one attached hydrogen (secondary N) is 1. The Balaban J connectivity index is 1.49. The van der Waals surface area contributed by atoms with Crippen LogP contribution in [0.4, 0.5) is 0 Å². The molecule has 27 heavy (non-hydrogen) atoms. The fourth-order valence-corrected chi connectivity index (χ4v) is 4.15. The summed E-state index contributed by atoms with van der Waals surface area (Å²) in [6, 6.07) is 18.2. The lowest BCUT2D eigenvalue weighted by Gasteiger charge is -2.39. The predicted molar refractivity (Wildman–Crippen MR) is 105 cm³/mol. The molecule has 0 spiro atoms. The molecule has 2 aromatic rings. The Labute approximate surface area is 160 Å². The van der Waals surface area contributed by atoms with Crippen LogP contribution >= 0.6 is 0 Å². The van der Waals surface area contributed by atoms with Crippen molar-refractivity contribution in [2.45, 2.75) is 49.7 Å². The molecule has 0 radical (unpaired) electrons. The van der Waals surface area contributed by atoms with E-state index in [0.29, 0.717) is 5.92 Å². The molecule has 4 heteroatoms. The van der Waals surface area contributed by atoms with Crippen LogP contribution in [0.15, 0.2) is 54.6 Å². The number of methoxy groups -OCH3 is 1. The lowest BCUT2D eigenvalue weighted by Crippen LogP contribution is -2.50. The quantitative estimate of drug-likeness (QED) is 0.792. The van der Waals surface area contributed by atoms with Gasteiger partial charge in [-0.05, 0) is 61.3 Å². The lowest BCUT2D eigenvalue weighted by atomic mass is 9.75. The Morgan fingerprint density at radius 1 is 1.15 bits per heavy atom. The number of carbonyl (C=O) groups is 1. The van der Waals surface area contributed by atoms with E-state index in [1.165, 1.54) is 5.56 Å². The maximum Gasteiger partial charge on any atom is 0.230 e. The second-order valence-electron chi connectivity index (χ2n) is 7.97. The Morgan fingerprint density at radius 3 is 2.37 bits per heavy atom. The summed E-state index contributed by atoms with van der Waals surface area (Å²) in [6.45, 7) is 0. The van der Waals surface area contributed by atoms with E-state index in [-0.39, 0.29) is 18.1 Å². The molecule has 1 atom stereocenters. The van der Waals surface area contributed by atoms with Crippen LogP contribution in [0.25, 0.3) is 0 Å². The van der Waals surface area contributed by atoms with Crippen molar-refractivity contribution in [1.82, 2.24) is 5.32 Å². The second-order valence-corrected chi connectivity index (χ2v) is 7.97. The van der Waals surface area contributed by atoms with Gasteiger partial charge in [0.05, 0.1) is 18.6 Å². The molecule has 2 aliphatic carbocycles. The normalized spacial score (nSPS) is 23.8. The molecule has 4 nitrogen and oxygen atoms in total. The largest absolute Gasteiger partial charge is 0.497 e. The third-order valence-corrected chi connectivity index (χ3v) is 6.16. The molecule has 2 aromatic carbocycles. The van der Waals surface area contributed by atoms with Crippen molar-refractivity contribution in [2.75, 3.05) is 7.11 Å². The van der Waals surface area contributed by atoms with E-state index in [9.17, 15) is 9.90 Å². The number of ether oxygens (including phenoxy) is 1. The zero-order valence-electron chi connectivity index (χ0n) is 15.7. The van der Waals surface area contributed by atoms with Crippen LogP contribution < -0.4 is 10.1 Å². The second kappa shape index (κ2) is 7.35. The van der Waals surface area contributed by atoms with E-state index in [2.05, 4.69) is 17.4 Å². The van der Waals surface area contributed by atoms with Crippen LogP contribution in [-0.2, 0) is 16.6 Å². The molecule has 2 saturated carbocycles. The smallest absolute Gasteiger partial charge is 0.230 e. The summed E-state index contributed by atoms with van der Waals surface area (Å²) in [5.41, 5.74) is 1.88. The summed E-state index contributed by atoms with van der Waals surface area (Å²) < 4.78 is 5.23. The van der Waals surface area contributed by atoms with Gasteiger partial charge in [0.1, 0.15) is 5.75 Å². The molecule has 142 valence electrons. The first-order valence-corrected chi connectivity index (χ1v) is 9.78. The molecular formula is C23H27NO3. The van der Waals surface area contributed by atoms with Crippen molar-refractivity contribution in [3.63, 3.8) is 0 Å². The minimum Gasteiger partial charge on any atom is -0.497 e. The maximum absolute atomic E-state index is 13.2. The van der Waals surface area contributed by atoms with E-state index < -0.39 is 5.41 Å². The van der Waals surface area contributed by atoms with Gasteiger partial charge in [-0.15, -0.1) is 0 Å². The Morgan fingerprint density at radius 2 is 1.81 bits per heavy atom. The molecule has 2 fully saturated rings. The van der Waals surface area contributed by atoms with Gasteiger partial charge in [-0.2, -0.15) is 0 Å². The van der Waals surface area contributed by atoms with Crippen molar-refractivity contribution >= 4 is 5.91 Å². The Kier molecular flexibility index (Phi) is 4.92. The van der Waals surface area contributed by atoms with Gasteiger partial charge in [0.15, 0.2) is 0 Å². The monoisotopic (exact) mass is 365 g/mol. The summed E-state index contributed by atoms with van der Waals surface area (Å²) >= 11 is 0. The highest BCUT2D eigenvalue weighted by molar-refractivity contribution is 5.91. The summed E-state index contributed by atoms with van der Waals surface area (Å²) in [5.74, 6) is 1.27. The van der Waals surface area contributed by atoms with E-state index in [0.717, 1.165) is 43.4 Å².